The molecule has 0 fully saturated rings. The summed E-state index contributed by atoms with van der Waals surface area (Å²) in [6.45, 7) is 0.203. The molecule has 1 amide bonds. The molecule has 2 rings (SSSR count). The van der Waals surface area contributed by atoms with E-state index in [4.69, 9.17) is 5.73 Å². The van der Waals surface area contributed by atoms with E-state index in [-0.39, 0.29) is 13.0 Å². The topological polar surface area (TPSA) is 72.9 Å². The number of aromatic nitrogens is 2. The number of nitrogens with two attached hydrogens (primary N) is 1. The van der Waals surface area contributed by atoms with Gasteiger partial charge in [0.2, 0.25) is 5.91 Å². The number of carbonyl (C=O) groups is 1. The lowest BCUT2D eigenvalue weighted by molar-refractivity contribution is -0.141. The highest BCUT2D eigenvalue weighted by atomic mass is 19.4. The van der Waals surface area contributed by atoms with Crippen molar-refractivity contribution in [3.8, 4) is 0 Å². The summed E-state index contributed by atoms with van der Waals surface area (Å²) in [7, 11) is 1.46. The van der Waals surface area contributed by atoms with Gasteiger partial charge in [-0.1, -0.05) is 12.1 Å². The van der Waals surface area contributed by atoms with Gasteiger partial charge >= 0.3 is 6.18 Å². The van der Waals surface area contributed by atoms with Crippen molar-refractivity contribution in [2.24, 2.45) is 12.8 Å². The average Bonchev–Trinajstić information content (AvgIpc) is 2.79. The molecule has 1 aromatic carbocycles. The van der Waals surface area contributed by atoms with Crippen LogP contribution in [0.5, 0.6) is 0 Å². The highest BCUT2D eigenvalue weighted by Crippen LogP contribution is 2.28. The second-order valence-electron chi connectivity index (χ2n) is 4.84. The molecule has 1 aromatic heterocycles. The molecule has 8 heteroatoms. The number of hydrogen-bond donors (Lipinski definition) is 2. The third-order valence-corrected chi connectivity index (χ3v) is 3.07. The lowest BCUT2D eigenvalue weighted by Gasteiger charge is -2.07. The molecule has 0 spiro atoms. The number of halogens is 3. The summed E-state index contributed by atoms with van der Waals surface area (Å²) in [6, 6.07) is 7.95. The third kappa shape index (κ3) is 4.00. The van der Waals surface area contributed by atoms with Crippen LogP contribution < -0.4 is 11.1 Å². The number of amides is 1. The highest BCUT2D eigenvalue weighted by molar-refractivity contribution is 5.76. The number of rotatable bonds is 5. The van der Waals surface area contributed by atoms with Gasteiger partial charge < -0.3 is 11.1 Å². The summed E-state index contributed by atoms with van der Waals surface area (Å²) in [5, 5.41) is 6.44. The summed E-state index contributed by atoms with van der Waals surface area (Å²) < 4.78 is 38.9. The van der Waals surface area contributed by atoms with Crippen molar-refractivity contribution < 1.29 is 18.0 Å². The van der Waals surface area contributed by atoms with Crippen molar-refractivity contribution in [1.82, 2.24) is 9.78 Å². The zero-order chi connectivity index (χ0) is 16.3. The van der Waals surface area contributed by atoms with Crippen molar-refractivity contribution in [3.63, 3.8) is 0 Å². The van der Waals surface area contributed by atoms with E-state index in [1.54, 1.807) is 24.3 Å². The van der Waals surface area contributed by atoms with E-state index < -0.39 is 17.8 Å². The van der Waals surface area contributed by atoms with Crippen LogP contribution >= 0.6 is 0 Å². The SMILES string of the molecule is Cn1nc(C(F)(F)F)cc1CNc1ccc(CC(N)=O)cc1. The molecule has 5 nitrogen and oxygen atoms in total. The normalized spacial score (nSPS) is 11.5. The Balaban J connectivity index is 2.01. The fourth-order valence-corrected chi connectivity index (χ4v) is 1.94. The zero-order valence-electron chi connectivity index (χ0n) is 11.8. The number of aryl methyl sites for hydroxylation is 1. The Hall–Kier alpha value is -2.51. The number of nitrogens with zero attached hydrogens (tertiary/aromatic N) is 2. The van der Waals surface area contributed by atoms with E-state index in [9.17, 15) is 18.0 Å². The maximum atomic E-state index is 12.6. The Kier molecular flexibility index (Phi) is 4.39. The Labute approximate surface area is 124 Å². The minimum absolute atomic E-state index is 0.150. The van der Waals surface area contributed by atoms with Gasteiger partial charge in [0, 0.05) is 12.7 Å². The van der Waals surface area contributed by atoms with Crippen LogP contribution in [0, 0.1) is 0 Å². The predicted octanol–water partition coefficient (Wildman–Crippen LogP) is 2.08. The number of anilines is 1. The van der Waals surface area contributed by atoms with Gasteiger partial charge in [-0.15, -0.1) is 0 Å². The van der Waals surface area contributed by atoms with Crippen LogP contribution in [0.25, 0.3) is 0 Å². The summed E-state index contributed by atoms with van der Waals surface area (Å²) in [5.74, 6) is -0.421. The molecule has 118 valence electrons. The molecule has 0 aliphatic heterocycles. The van der Waals surface area contributed by atoms with Gasteiger partial charge in [-0.25, -0.2) is 0 Å². The number of carbonyl (C=O) groups excluding carboxylic acids is 1. The van der Waals surface area contributed by atoms with Crippen molar-refractivity contribution in [2.75, 3.05) is 5.32 Å². The minimum Gasteiger partial charge on any atom is -0.379 e. The molecule has 3 N–H and O–H groups in total. The fourth-order valence-electron chi connectivity index (χ4n) is 1.94. The van der Waals surface area contributed by atoms with Crippen LogP contribution in [0.2, 0.25) is 0 Å². The Morgan fingerprint density at radius 2 is 1.95 bits per heavy atom. The lowest BCUT2D eigenvalue weighted by Crippen LogP contribution is -2.13. The van der Waals surface area contributed by atoms with Crippen LogP contribution in [0.4, 0.5) is 18.9 Å². The van der Waals surface area contributed by atoms with Crippen LogP contribution in [0.1, 0.15) is 17.0 Å². The quantitative estimate of drug-likeness (QED) is 0.888. The lowest BCUT2D eigenvalue weighted by atomic mass is 10.1. The van der Waals surface area contributed by atoms with E-state index in [1.165, 1.54) is 11.7 Å². The highest BCUT2D eigenvalue weighted by Gasteiger charge is 2.34. The first-order chi connectivity index (χ1) is 10.3. The molecule has 0 radical (unpaired) electrons. The van der Waals surface area contributed by atoms with Crippen molar-refractivity contribution in [2.45, 2.75) is 19.1 Å². The zero-order valence-corrected chi connectivity index (χ0v) is 11.8. The van der Waals surface area contributed by atoms with Gasteiger partial charge in [0.25, 0.3) is 0 Å². The van der Waals surface area contributed by atoms with E-state index in [1.807, 2.05) is 0 Å². The monoisotopic (exact) mass is 312 g/mol. The molecule has 1 heterocycles. The number of primary amides is 1. The Morgan fingerprint density at radius 1 is 1.32 bits per heavy atom. The molecule has 2 aromatic rings. The van der Waals surface area contributed by atoms with Gasteiger partial charge in [-0.2, -0.15) is 18.3 Å². The Bertz CT molecular complexity index is 662. The number of nitrogens with one attached hydrogen (secondary N) is 1. The van der Waals surface area contributed by atoms with E-state index in [2.05, 4.69) is 10.4 Å². The number of alkyl halides is 3. The molecule has 22 heavy (non-hydrogen) atoms. The summed E-state index contributed by atoms with van der Waals surface area (Å²) in [6.07, 6.45) is -4.30. The summed E-state index contributed by atoms with van der Waals surface area (Å²) in [5.41, 5.74) is 6.09. The van der Waals surface area contributed by atoms with Crippen molar-refractivity contribution in [3.05, 3.63) is 47.3 Å². The molecule has 0 unspecified atom stereocenters. The molecule has 0 saturated heterocycles. The second kappa shape index (κ2) is 6.08. The van der Waals surface area contributed by atoms with Gasteiger partial charge in [0.15, 0.2) is 5.69 Å². The van der Waals surface area contributed by atoms with Crippen LogP contribution in [0.15, 0.2) is 30.3 Å². The maximum Gasteiger partial charge on any atom is 0.435 e. The second-order valence-corrected chi connectivity index (χ2v) is 4.84. The first-order valence-electron chi connectivity index (χ1n) is 6.47. The smallest absolute Gasteiger partial charge is 0.379 e. The largest absolute Gasteiger partial charge is 0.435 e. The summed E-state index contributed by atoms with van der Waals surface area (Å²) >= 11 is 0. The molecule has 0 bridgehead atoms. The Morgan fingerprint density at radius 3 is 2.45 bits per heavy atom. The minimum atomic E-state index is -4.45. The van der Waals surface area contributed by atoms with Gasteiger partial charge in [0.05, 0.1) is 18.7 Å². The van der Waals surface area contributed by atoms with Crippen LogP contribution in [-0.2, 0) is 31.0 Å². The van der Waals surface area contributed by atoms with Gasteiger partial charge in [-0.05, 0) is 23.8 Å². The first kappa shape index (κ1) is 15.9. The summed E-state index contributed by atoms with van der Waals surface area (Å²) in [4.78, 5) is 10.8. The van der Waals surface area contributed by atoms with Gasteiger partial charge in [0.1, 0.15) is 0 Å². The molecular formula is C14H15F3N4O. The molecule has 0 aliphatic carbocycles. The maximum absolute atomic E-state index is 12.6. The molecule has 0 atom stereocenters. The van der Waals surface area contributed by atoms with Crippen LogP contribution in [-0.4, -0.2) is 15.7 Å². The molecule has 0 aliphatic rings. The average molecular weight is 312 g/mol. The molecule has 0 saturated carbocycles. The van der Waals surface area contributed by atoms with Crippen molar-refractivity contribution in [1.29, 1.82) is 0 Å². The van der Waals surface area contributed by atoms with E-state index in [0.717, 1.165) is 17.3 Å². The van der Waals surface area contributed by atoms with Crippen LogP contribution in [0.3, 0.4) is 0 Å². The number of benzene rings is 1. The van der Waals surface area contributed by atoms with E-state index >= 15 is 0 Å². The predicted molar refractivity (Wildman–Crippen MR) is 74.9 cm³/mol. The fraction of sp³-hybridized carbons (Fsp3) is 0.286. The standard InChI is InChI=1S/C14H15F3N4O/c1-21-11(7-12(20-21)14(15,16)17)8-19-10-4-2-9(3-5-10)6-13(18)22/h2-5,7,19H,6,8H2,1H3,(H2,18,22). The first-order valence-corrected chi connectivity index (χ1v) is 6.47. The van der Waals surface area contributed by atoms with Crippen molar-refractivity contribution >= 4 is 11.6 Å². The van der Waals surface area contributed by atoms with E-state index in [0.29, 0.717) is 5.69 Å². The molecular weight excluding hydrogens is 297 g/mol. The van der Waals surface area contributed by atoms with Gasteiger partial charge in [-0.3, -0.25) is 9.48 Å². The number of hydrogen-bond acceptors (Lipinski definition) is 3. The third-order valence-electron chi connectivity index (χ3n) is 3.07.